The van der Waals surface area contributed by atoms with Crippen LogP contribution in [0.3, 0.4) is 0 Å². The van der Waals surface area contributed by atoms with Gasteiger partial charge in [0.05, 0.1) is 29.5 Å². The number of benzene rings is 1. The van der Waals surface area contributed by atoms with E-state index < -0.39 is 0 Å². The van der Waals surface area contributed by atoms with Crippen LogP contribution in [-0.4, -0.2) is 45.0 Å². The first kappa shape index (κ1) is 17.5. The number of likely N-dealkylation sites (tertiary alicyclic amines) is 1. The van der Waals surface area contributed by atoms with Crippen LogP contribution in [0.2, 0.25) is 5.02 Å². The Balaban J connectivity index is 1.55. The largest absolute Gasteiger partial charge is 0.458 e. The summed E-state index contributed by atoms with van der Waals surface area (Å²) < 4.78 is 5.80. The van der Waals surface area contributed by atoms with Crippen molar-refractivity contribution in [2.24, 2.45) is 0 Å². The van der Waals surface area contributed by atoms with Gasteiger partial charge in [-0.3, -0.25) is 9.59 Å². The molecule has 138 valence electrons. The molecule has 1 unspecified atom stereocenters. The van der Waals surface area contributed by atoms with Gasteiger partial charge in [-0.2, -0.15) is 0 Å². The number of nitrogens with one attached hydrogen (secondary N) is 1. The van der Waals surface area contributed by atoms with Crippen molar-refractivity contribution in [1.29, 1.82) is 0 Å². The molecule has 7 nitrogen and oxygen atoms in total. The van der Waals surface area contributed by atoms with Crippen LogP contribution in [0.1, 0.15) is 23.2 Å². The van der Waals surface area contributed by atoms with E-state index in [-0.39, 0.29) is 23.6 Å². The third-order valence-electron chi connectivity index (χ3n) is 4.52. The number of amides is 1. The van der Waals surface area contributed by atoms with Gasteiger partial charge in [0, 0.05) is 23.5 Å². The van der Waals surface area contributed by atoms with Crippen molar-refractivity contribution in [3.63, 3.8) is 0 Å². The standard InChI is InChI=1S/C19H17ClN4O3/c20-12-9-21-19(22-10-12)27-13-4-3-7-24(11-13)18(26)15-8-17(25)23-16-6-2-1-5-14(15)16/h1-2,5-6,8-10,13H,3-4,7,11H2,(H,23,25). The molecular weight excluding hydrogens is 368 g/mol. The second kappa shape index (κ2) is 7.36. The predicted molar refractivity (Wildman–Crippen MR) is 101 cm³/mol. The Labute approximate surface area is 160 Å². The number of para-hydroxylation sites is 1. The maximum absolute atomic E-state index is 13.1. The lowest BCUT2D eigenvalue weighted by Gasteiger charge is -2.32. The van der Waals surface area contributed by atoms with Crippen LogP contribution in [0.25, 0.3) is 10.9 Å². The van der Waals surface area contributed by atoms with Crippen LogP contribution in [0.5, 0.6) is 6.01 Å². The number of ether oxygens (including phenoxy) is 1. The molecule has 1 aliphatic heterocycles. The van der Waals surface area contributed by atoms with Gasteiger partial charge in [-0.1, -0.05) is 29.8 Å². The summed E-state index contributed by atoms with van der Waals surface area (Å²) in [6, 6.07) is 8.88. The first-order valence-corrected chi connectivity index (χ1v) is 9.03. The molecule has 1 amide bonds. The molecular formula is C19H17ClN4O3. The summed E-state index contributed by atoms with van der Waals surface area (Å²) in [6.07, 6.45) is 4.32. The molecule has 2 aromatic heterocycles. The van der Waals surface area contributed by atoms with Crippen LogP contribution in [-0.2, 0) is 0 Å². The number of hydrogen-bond acceptors (Lipinski definition) is 5. The Kier molecular flexibility index (Phi) is 4.77. The van der Waals surface area contributed by atoms with Gasteiger partial charge in [-0.25, -0.2) is 9.97 Å². The van der Waals surface area contributed by atoms with Crippen molar-refractivity contribution < 1.29 is 9.53 Å². The Hall–Kier alpha value is -2.93. The van der Waals surface area contributed by atoms with E-state index in [2.05, 4.69) is 15.0 Å². The van der Waals surface area contributed by atoms with Crippen LogP contribution in [0.4, 0.5) is 0 Å². The number of hydrogen-bond donors (Lipinski definition) is 1. The second-order valence-electron chi connectivity index (χ2n) is 6.41. The lowest BCUT2D eigenvalue weighted by atomic mass is 10.0. The zero-order valence-corrected chi connectivity index (χ0v) is 15.1. The monoisotopic (exact) mass is 384 g/mol. The number of halogens is 1. The molecule has 0 aliphatic carbocycles. The lowest BCUT2D eigenvalue weighted by molar-refractivity contribution is 0.0517. The minimum atomic E-state index is -0.295. The summed E-state index contributed by atoms with van der Waals surface area (Å²) in [5, 5.41) is 1.16. The van der Waals surface area contributed by atoms with E-state index in [0.717, 1.165) is 18.2 Å². The molecule has 0 radical (unpaired) electrons. The van der Waals surface area contributed by atoms with Gasteiger partial charge in [-0.05, 0) is 18.9 Å². The first-order valence-electron chi connectivity index (χ1n) is 8.66. The number of nitrogens with zero attached hydrogens (tertiary/aromatic N) is 3. The number of aromatic nitrogens is 3. The predicted octanol–water partition coefficient (Wildman–Crippen LogP) is 2.66. The van der Waals surface area contributed by atoms with Gasteiger partial charge in [0.25, 0.3) is 5.91 Å². The van der Waals surface area contributed by atoms with Crippen molar-refractivity contribution in [2.45, 2.75) is 18.9 Å². The molecule has 1 saturated heterocycles. The Morgan fingerprint density at radius 3 is 2.85 bits per heavy atom. The van der Waals surface area contributed by atoms with Crippen molar-refractivity contribution in [3.05, 3.63) is 63.7 Å². The van der Waals surface area contributed by atoms with E-state index in [0.29, 0.717) is 29.2 Å². The Morgan fingerprint density at radius 1 is 1.26 bits per heavy atom. The summed E-state index contributed by atoms with van der Waals surface area (Å²) in [4.78, 5) is 37.6. The van der Waals surface area contributed by atoms with Gasteiger partial charge in [0.1, 0.15) is 6.10 Å². The molecule has 0 spiro atoms. The molecule has 1 atom stereocenters. The smallest absolute Gasteiger partial charge is 0.316 e. The van der Waals surface area contributed by atoms with E-state index in [1.807, 2.05) is 18.2 Å². The number of pyridine rings is 1. The fourth-order valence-corrected chi connectivity index (χ4v) is 3.38. The zero-order valence-electron chi connectivity index (χ0n) is 14.4. The maximum Gasteiger partial charge on any atom is 0.316 e. The van der Waals surface area contributed by atoms with Gasteiger partial charge in [0.2, 0.25) is 5.56 Å². The Bertz CT molecular complexity index is 1040. The first-order chi connectivity index (χ1) is 13.1. The summed E-state index contributed by atoms with van der Waals surface area (Å²) in [7, 11) is 0. The number of carbonyl (C=O) groups is 1. The van der Waals surface area contributed by atoms with Crippen LogP contribution >= 0.6 is 11.6 Å². The highest BCUT2D eigenvalue weighted by Crippen LogP contribution is 2.21. The summed E-state index contributed by atoms with van der Waals surface area (Å²) >= 11 is 5.79. The molecule has 0 saturated carbocycles. The highest BCUT2D eigenvalue weighted by molar-refractivity contribution is 6.30. The van der Waals surface area contributed by atoms with Gasteiger partial charge in [-0.15, -0.1) is 0 Å². The van der Waals surface area contributed by atoms with Gasteiger partial charge >= 0.3 is 6.01 Å². The van der Waals surface area contributed by atoms with Crippen molar-refractivity contribution in [3.8, 4) is 6.01 Å². The average Bonchev–Trinajstić information content (AvgIpc) is 2.69. The Morgan fingerprint density at radius 2 is 2.04 bits per heavy atom. The third-order valence-corrected chi connectivity index (χ3v) is 4.71. The van der Waals surface area contributed by atoms with Gasteiger partial charge < -0.3 is 14.6 Å². The highest BCUT2D eigenvalue weighted by Gasteiger charge is 2.27. The zero-order chi connectivity index (χ0) is 18.8. The van der Waals surface area contributed by atoms with Gasteiger partial charge in [0.15, 0.2) is 0 Å². The minimum Gasteiger partial charge on any atom is -0.458 e. The molecule has 3 heterocycles. The molecule has 1 fully saturated rings. The maximum atomic E-state index is 13.1. The molecule has 8 heteroatoms. The van der Waals surface area contributed by atoms with Crippen LogP contribution in [0.15, 0.2) is 47.5 Å². The number of fused-ring (bicyclic) bond motifs is 1. The number of aromatic amines is 1. The second-order valence-corrected chi connectivity index (χ2v) is 6.85. The number of rotatable bonds is 3. The summed E-state index contributed by atoms with van der Waals surface area (Å²) in [5.74, 6) is -0.178. The highest BCUT2D eigenvalue weighted by atomic mass is 35.5. The molecule has 0 bridgehead atoms. The minimum absolute atomic E-state index is 0.178. The molecule has 3 aromatic rings. The van der Waals surface area contributed by atoms with Crippen LogP contribution < -0.4 is 10.3 Å². The quantitative estimate of drug-likeness (QED) is 0.750. The number of piperidine rings is 1. The lowest BCUT2D eigenvalue weighted by Crippen LogP contribution is -2.44. The molecule has 1 aliphatic rings. The molecule has 1 aromatic carbocycles. The topological polar surface area (TPSA) is 88.2 Å². The van der Waals surface area contributed by atoms with Crippen molar-refractivity contribution >= 4 is 28.4 Å². The molecule has 1 N–H and O–H groups in total. The van der Waals surface area contributed by atoms with E-state index >= 15 is 0 Å². The molecule has 27 heavy (non-hydrogen) atoms. The SMILES string of the molecule is O=C(c1cc(=O)[nH]c2ccccc12)N1CCCC(Oc2ncc(Cl)cn2)C1. The molecule has 4 rings (SSSR count). The number of carbonyl (C=O) groups excluding carboxylic acids is 1. The van der Waals surface area contributed by atoms with E-state index in [4.69, 9.17) is 16.3 Å². The van der Waals surface area contributed by atoms with Crippen LogP contribution in [0, 0.1) is 0 Å². The van der Waals surface area contributed by atoms with E-state index in [1.165, 1.54) is 18.5 Å². The normalized spacial score (nSPS) is 17.1. The fourth-order valence-electron chi connectivity index (χ4n) is 3.28. The van der Waals surface area contributed by atoms with Crippen molar-refractivity contribution in [1.82, 2.24) is 19.9 Å². The average molecular weight is 385 g/mol. The van der Waals surface area contributed by atoms with E-state index in [1.54, 1.807) is 11.0 Å². The fraction of sp³-hybridized carbons (Fsp3) is 0.263. The summed E-state index contributed by atoms with van der Waals surface area (Å²) in [6.45, 7) is 1.02. The number of H-pyrrole nitrogens is 1. The van der Waals surface area contributed by atoms with Crippen molar-refractivity contribution in [2.75, 3.05) is 13.1 Å². The van der Waals surface area contributed by atoms with E-state index in [9.17, 15) is 9.59 Å². The summed E-state index contributed by atoms with van der Waals surface area (Å²) in [5.41, 5.74) is 0.752. The third kappa shape index (κ3) is 3.78.